The SMILES string of the molecule is OC1(O)CCC(C2CCCCC2)CC1. The molecule has 0 spiro atoms. The maximum Gasteiger partial charge on any atom is 0.162 e. The zero-order valence-electron chi connectivity index (χ0n) is 8.91. The van der Waals surface area contributed by atoms with Crippen molar-refractivity contribution < 1.29 is 10.2 Å². The van der Waals surface area contributed by atoms with E-state index in [-0.39, 0.29) is 0 Å². The summed E-state index contributed by atoms with van der Waals surface area (Å²) in [6.07, 6.45) is 10.2. The fourth-order valence-electron chi connectivity index (χ4n) is 3.18. The van der Waals surface area contributed by atoms with E-state index in [0.717, 1.165) is 24.7 Å². The zero-order valence-corrected chi connectivity index (χ0v) is 8.91. The molecule has 0 aromatic carbocycles. The van der Waals surface area contributed by atoms with E-state index in [1.54, 1.807) is 0 Å². The van der Waals surface area contributed by atoms with Crippen LogP contribution in [0, 0.1) is 11.8 Å². The van der Waals surface area contributed by atoms with Crippen LogP contribution in [-0.2, 0) is 0 Å². The van der Waals surface area contributed by atoms with Crippen LogP contribution in [0.15, 0.2) is 0 Å². The van der Waals surface area contributed by atoms with Crippen LogP contribution < -0.4 is 0 Å². The Labute approximate surface area is 86.3 Å². The average molecular weight is 198 g/mol. The lowest BCUT2D eigenvalue weighted by Crippen LogP contribution is -2.35. The van der Waals surface area contributed by atoms with Gasteiger partial charge in [0.15, 0.2) is 5.79 Å². The molecule has 0 aromatic rings. The van der Waals surface area contributed by atoms with Gasteiger partial charge in [-0.2, -0.15) is 0 Å². The summed E-state index contributed by atoms with van der Waals surface area (Å²) in [5, 5.41) is 18.9. The number of aliphatic hydroxyl groups is 2. The minimum Gasteiger partial charge on any atom is -0.366 e. The third kappa shape index (κ3) is 2.48. The lowest BCUT2D eigenvalue weighted by Gasteiger charge is -2.37. The first-order chi connectivity index (χ1) is 6.67. The van der Waals surface area contributed by atoms with Gasteiger partial charge in [0.25, 0.3) is 0 Å². The smallest absolute Gasteiger partial charge is 0.162 e. The molecule has 14 heavy (non-hydrogen) atoms. The van der Waals surface area contributed by atoms with Gasteiger partial charge in [0.2, 0.25) is 0 Å². The molecular formula is C12H22O2. The average Bonchev–Trinajstić information content (AvgIpc) is 2.19. The lowest BCUT2D eigenvalue weighted by molar-refractivity contribution is -0.189. The fourth-order valence-corrected chi connectivity index (χ4v) is 3.18. The van der Waals surface area contributed by atoms with Gasteiger partial charge in [-0.25, -0.2) is 0 Å². The molecule has 2 aliphatic rings. The molecule has 2 rings (SSSR count). The summed E-state index contributed by atoms with van der Waals surface area (Å²) in [4.78, 5) is 0. The first-order valence-electron chi connectivity index (χ1n) is 6.12. The second-order valence-corrected chi connectivity index (χ2v) is 5.22. The third-order valence-electron chi connectivity index (χ3n) is 4.15. The Morgan fingerprint density at radius 3 is 1.79 bits per heavy atom. The van der Waals surface area contributed by atoms with Crippen molar-refractivity contribution >= 4 is 0 Å². The highest BCUT2D eigenvalue weighted by Crippen LogP contribution is 2.40. The molecule has 2 nitrogen and oxygen atoms in total. The molecule has 2 saturated carbocycles. The first kappa shape index (κ1) is 10.4. The van der Waals surface area contributed by atoms with Crippen molar-refractivity contribution in [1.82, 2.24) is 0 Å². The van der Waals surface area contributed by atoms with Gasteiger partial charge in [-0.3, -0.25) is 0 Å². The molecule has 2 N–H and O–H groups in total. The maximum absolute atomic E-state index is 9.45. The summed E-state index contributed by atoms with van der Waals surface area (Å²) in [5.41, 5.74) is 0. The molecule has 2 aliphatic carbocycles. The van der Waals surface area contributed by atoms with Crippen molar-refractivity contribution in [2.45, 2.75) is 63.6 Å². The highest BCUT2D eigenvalue weighted by molar-refractivity contribution is 4.82. The molecule has 0 aromatic heterocycles. The van der Waals surface area contributed by atoms with Crippen LogP contribution in [0.5, 0.6) is 0 Å². The third-order valence-corrected chi connectivity index (χ3v) is 4.15. The second kappa shape index (κ2) is 4.19. The molecule has 2 heteroatoms. The summed E-state index contributed by atoms with van der Waals surface area (Å²) in [6.45, 7) is 0. The van der Waals surface area contributed by atoms with Gasteiger partial charge in [-0.15, -0.1) is 0 Å². The molecule has 0 heterocycles. The summed E-state index contributed by atoms with van der Waals surface area (Å²) in [6, 6.07) is 0. The van der Waals surface area contributed by atoms with Gasteiger partial charge in [0.1, 0.15) is 0 Å². The van der Waals surface area contributed by atoms with Crippen LogP contribution in [0.2, 0.25) is 0 Å². The molecule has 0 bridgehead atoms. The van der Waals surface area contributed by atoms with Gasteiger partial charge in [0, 0.05) is 12.8 Å². The summed E-state index contributed by atoms with van der Waals surface area (Å²) >= 11 is 0. The van der Waals surface area contributed by atoms with Crippen molar-refractivity contribution in [3.8, 4) is 0 Å². The Hall–Kier alpha value is -0.0800. The molecule has 82 valence electrons. The Bertz CT molecular complexity index is 173. The van der Waals surface area contributed by atoms with Crippen LogP contribution in [-0.4, -0.2) is 16.0 Å². The highest BCUT2D eigenvalue weighted by Gasteiger charge is 2.34. The van der Waals surface area contributed by atoms with Gasteiger partial charge in [-0.1, -0.05) is 32.1 Å². The molecule has 2 fully saturated rings. The summed E-state index contributed by atoms with van der Waals surface area (Å²) in [7, 11) is 0. The fraction of sp³-hybridized carbons (Fsp3) is 1.00. The quantitative estimate of drug-likeness (QED) is 0.635. The van der Waals surface area contributed by atoms with E-state index >= 15 is 0 Å². The van der Waals surface area contributed by atoms with Crippen LogP contribution in [0.25, 0.3) is 0 Å². The molecule has 0 unspecified atom stereocenters. The zero-order chi connectivity index (χ0) is 10.0. The molecule has 0 saturated heterocycles. The van der Waals surface area contributed by atoms with Gasteiger partial charge in [-0.05, 0) is 24.7 Å². The number of hydrogen-bond donors (Lipinski definition) is 2. The normalized spacial score (nSPS) is 30.4. The van der Waals surface area contributed by atoms with E-state index in [1.807, 2.05) is 0 Å². The summed E-state index contributed by atoms with van der Waals surface area (Å²) in [5.74, 6) is 0.327. The molecule has 0 aliphatic heterocycles. The molecule has 0 amide bonds. The Morgan fingerprint density at radius 2 is 1.21 bits per heavy atom. The standard InChI is InChI=1S/C12H22O2/c13-12(14)8-6-11(7-9-12)10-4-2-1-3-5-10/h10-11,13-14H,1-9H2. The number of hydrogen-bond acceptors (Lipinski definition) is 2. The molecular weight excluding hydrogens is 176 g/mol. The second-order valence-electron chi connectivity index (χ2n) is 5.22. The van der Waals surface area contributed by atoms with Crippen molar-refractivity contribution in [2.24, 2.45) is 11.8 Å². The maximum atomic E-state index is 9.45. The Morgan fingerprint density at radius 1 is 0.714 bits per heavy atom. The van der Waals surface area contributed by atoms with Crippen molar-refractivity contribution in [3.05, 3.63) is 0 Å². The minimum atomic E-state index is -1.34. The van der Waals surface area contributed by atoms with E-state index in [9.17, 15) is 10.2 Å². The minimum absolute atomic E-state index is 0.591. The monoisotopic (exact) mass is 198 g/mol. The lowest BCUT2D eigenvalue weighted by atomic mass is 9.72. The van der Waals surface area contributed by atoms with Crippen LogP contribution in [0.4, 0.5) is 0 Å². The predicted molar refractivity (Wildman–Crippen MR) is 55.7 cm³/mol. The van der Waals surface area contributed by atoms with E-state index < -0.39 is 5.79 Å². The highest BCUT2D eigenvalue weighted by atomic mass is 16.5. The van der Waals surface area contributed by atoms with Crippen LogP contribution >= 0.6 is 0 Å². The van der Waals surface area contributed by atoms with Crippen molar-refractivity contribution in [2.75, 3.05) is 0 Å². The largest absolute Gasteiger partial charge is 0.366 e. The van der Waals surface area contributed by atoms with Gasteiger partial charge in [0.05, 0.1) is 0 Å². The van der Waals surface area contributed by atoms with E-state index in [1.165, 1.54) is 32.1 Å². The van der Waals surface area contributed by atoms with Gasteiger partial charge < -0.3 is 10.2 Å². The number of rotatable bonds is 1. The van der Waals surface area contributed by atoms with E-state index in [4.69, 9.17) is 0 Å². The molecule has 0 atom stereocenters. The van der Waals surface area contributed by atoms with Crippen LogP contribution in [0.3, 0.4) is 0 Å². The first-order valence-corrected chi connectivity index (χ1v) is 6.12. The van der Waals surface area contributed by atoms with E-state index in [0.29, 0.717) is 12.8 Å². The Kier molecular flexibility index (Phi) is 3.13. The molecule has 0 radical (unpaired) electrons. The topological polar surface area (TPSA) is 40.5 Å². The summed E-state index contributed by atoms with van der Waals surface area (Å²) < 4.78 is 0. The predicted octanol–water partition coefficient (Wildman–Crippen LogP) is 2.44. The van der Waals surface area contributed by atoms with E-state index in [2.05, 4.69) is 0 Å². The van der Waals surface area contributed by atoms with Crippen molar-refractivity contribution in [3.63, 3.8) is 0 Å². The van der Waals surface area contributed by atoms with Crippen molar-refractivity contribution in [1.29, 1.82) is 0 Å². The van der Waals surface area contributed by atoms with Gasteiger partial charge >= 0.3 is 0 Å². The van der Waals surface area contributed by atoms with Crippen LogP contribution in [0.1, 0.15) is 57.8 Å². The Balaban J connectivity index is 1.82.